The molecule has 0 fully saturated rings. The van der Waals surface area contributed by atoms with Gasteiger partial charge >= 0.3 is 0 Å². The molecule has 27 heavy (non-hydrogen) atoms. The standard InChI is InChI=1S/C22H17FN2O2/c1-13-7-5-12-19-20(13)25-22(27-19)15-9-6-11-18(14(15)2)24-21(26)16-8-3-4-10-17(16)23/h3-12H,1-2H3,(H,24,26). The molecule has 1 amide bonds. The first kappa shape index (κ1) is 17.0. The van der Waals surface area contributed by atoms with Crippen LogP contribution >= 0.6 is 0 Å². The zero-order valence-corrected chi connectivity index (χ0v) is 14.9. The first-order valence-corrected chi connectivity index (χ1v) is 8.56. The number of amides is 1. The van der Waals surface area contributed by atoms with Crippen molar-refractivity contribution in [2.24, 2.45) is 0 Å². The van der Waals surface area contributed by atoms with E-state index < -0.39 is 11.7 Å². The monoisotopic (exact) mass is 360 g/mol. The van der Waals surface area contributed by atoms with Crippen molar-refractivity contribution in [2.75, 3.05) is 5.32 Å². The van der Waals surface area contributed by atoms with Crippen LogP contribution < -0.4 is 5.32 Å². The van der Waals surface area contributed by atoms with Gasteiger partial charge in [-0.15, -0.1) is 0 Å². The summed E-state index contributed by atoms with van der Waals surface area (Å²) in [5, 5.41) is 2.77. The Morgan fingerprint density at radius 2 is 1.78 bits per heavy atom. The van der Waals surface area contributed by atoms with Crippen LogP contribution in [0, 0.1) is 19.7 Å². The number of anilines is 1. The van der Waals surface area contributed by atoms with E-state index in [1.807, 2.05) is 38.1 Å². The molecule has 0 saturated heterocycles. The molecule has 134 valence electrons. The zero-order chi connectivity index (χ0) is 19.0. The van der Waals surface area contributed by atoms with E-state index in [1.54, 1.807) is 24.3 Å². The molecule has 1 aromatic heterocycles. The van der Waals surface area contributed by atoms with Gasteiger partial charge in [-0.3, -0.25) is 4.79 Å². The number of nitrogens with zero attached hydrogens (tertiary/aromatic N) is 1. The van der Waals surface area contributed by atoms with Crippen molar-refractivity contribution in [3.05, 3.63) is 83.2 Å². The molecule has 3 aromatic carbocycles. The number of hydrogen-bond acceptors (Lipinski definition) is 3. The van der Waals surface area contributed by atoms with Crippen molar-refractivity contribution in [2.45, 2.75) is 13.8 Å². The van der Waals surface area contributed by atoms with Crippen LogP contribution in [-0.4, -0.2) is 10.9 Å². The average Bonchev–Trinajstić information content (AvgIpc) is 3.09. The molecule has 4 nitrogen and oxygen atoms in total. The van der Waals surface area contributed by atoms with Crippen LogP contribution in [0.5, 0.6) is 0 Å². The lowest BCUT2D eigenvalue weighted by Crippen LogP contribution is -2.14. The highest BCUT2D eigenvalue weighted by Crippen LogP contribution is 2.31. The van der Waals surface area contributed by atoms with Crippen LogP contribution in [0.15, 0.2) is 65.1 Å². The Labute approximate surface area is 155 Å². The van der Waals surface area contributed by atoms with E-state index in [2.05, 4.69) is 10.3 Å². The fourth-order valence-corrected chi connectivity index (χ4v) is 3.04. The van der Waals surface area contributed by atoms with Gasteiger partial charge in [0.15, 0.2) is 5.58 Å². The Morgan fingerprint density at radius 1 is 1.00 bits per heavy atom. The third-order valence-corrected chi connectivity index (χ3v) is 4.55. The minimum Gasteiger partial charge on any atom is -0.436 e. The van der Waals surface area contributed by atoms with Gasteiger partial charge in [0.1, 0.15) is 11.3 Å². The smallest absolute Gasteiger partial charge is 0.258 e. The van der Waals surface area contributed by atoms with Crippen LogP contribution in [0.1, 0.15) is 21.5 Å². The molecule has 1 N–H and O–H groups in total. The van der Waals surface area contributed by atoms with Crippen molar-refractivity contribution in [3.63, 3.8) is 0 Å². The van der Waals surface area contributed by atoms with E-state index in [4.69, 9.17) is 4.42 Å². The number of para-hydroxylation sites is 1. The molecule has 0 bridgehead atoms. The lowest BCUT2D eigenvalue weighted by Gasteiger charge is -2.11. The van der Waals surface area contributed by atoms with Gasteiger partial charge in [0.2, 0.25) is 5.89 Å². The van der Waals surface area contributed by atoms with E-state index in [9.17, 15) is 9.18 Å². The van der Waals surface area contributed by atoms with Gasteiger partial charge in [0.25, 0.3) is 5.91 Å². The third kappa shape index (κ3) is 3.08. The summed E-state index contributed by atoms with van der Waals surface area (Å²) in [5.74, 6) is -0.571. The largest absolute Gasteiger partial charge is 0.436 e. The second-order valence-electron chi connectivity index (χ2n) is 6.35. The molecule has 0 aliphatic heterocycles. The van der Waals surface area contributed by atoms with Crippen molar-refractivity contribution >= 4 is 22.7 Å². The molecule has 0 aliphatic rings. The molecule has 0 aliphatic carbocycles. The Bertz CT molecular complexity index is 1160. The van der Waals surface area contributed by atoms with Gasteiger partial charge in [-0.25, -0.2) is 9.37 Å². The maximum atomic E-state index is 13.9. The Hall–Kier alpha value is -3.47. The van der Waals surface area contributed by atoms with Crippen LogP contribution in [0.4, 0.5) is 10.1 Å². The average molecular weight is 360 g/mol. The Balaban J connectivity index is 1.71. The van der Waals surface area contributed by atoms with E-state index in [1.165, 1.54) is 12.1 Å². The molecule has 0 unspecified atom stereocenters. The van der Waals surface area contributed by atoms with Crippen molar-refractivity contribution in [3.8, 4) is 11.5 Å². The number of carbonyl (C=O) groups is 1. The summed E-state index contributed by atoms with van der Waals surface area (Å²) in [6.07, 6.45) is 0. The van der Waals surface area contributed by atoms with Crippen LogP contribution in [0.3, 0.4) is 0 Å². The molecular formula is C22H17FN2O2. The molecule has 0 spiro atoms. The van der Waals surface area contributed by atoms with E-state index >= 15 is 0 Å². The topological polar surface area (TPSA) is 55.1 Å². The molecular weight excluding hydrogens is 343 g/mol. The summed E-state index contributed by atoms with van der Waals surface area (Å²) in [6.45, 7) is 3.85. The first-order chi connectivity index (χ1) is 13.0. The number of halogens is 1. The molecule has 4 rings (SSSR count). The molecule has 0 radical (unpaired) electrons. The molecule has 0 atom stereocenters. The Kier molecular flexibility index (Phi) is 4.20. The first-order valence-electron chi connectivity index (χ1n) is 8.56. The number of benzene rings is 3. The summed E-state index contributed by atoms with van der Waals surface area (Å²) in [4.78, 5) is 17.0. The number of rotatable bonds is 3. The second-order valence-corrected chi connectivity index (χ2v) is 6.35. The van der Waals surface area contributed by atoms with Gasteiger partial charge in [-0.2, -0.15) is 0 Å². The van der Waals surface area contributed by atoms with Crippen molar-refractivity contribution < 1.29 is 13.6 Å². The normalized spacial score (nSPS) is 10.9. The summed E-state index contributed by atoms with van der Waals surface area (Å²) in [6, 6.07) is 17.1. The quantitative estimate of drug-likeness (QED) is 0.525. The number of carbonyl (C=O) groups excluding carboxylic acids is 1. The van der Waals surface area contributed by atoms with E-state index in [-0.39, 0.29) is 5.56 Å². The number of fused-ring (bicyclic) bond motifs is 1. The number of hydrogen-bond donors (Lipinski definition) is 1. The van der Waals surface area contributed by atoms with Crippen LogP contribution in [0.2, 0.25) is 0 Å². The molecule has 5 heteroatoms. The van der Waals surface area contributed by atoms with Gasteiger partial charge in [-0.05, 0) is 55.3 Å². The van der Waals surface area contributed by atoms with Gasteiger partial charge in [0, 0.05) is 11.3 Å². The number of oxazole rings is 1. The lowest BCUT2D eigenvalue weighted by molar-refractivity contribution is 0.102. The fourth-order valence-electron chi connectivity index (χ4n) is 3.04. The van der Waals surface area contributed by atoms with E-state index in [0.717, 1.165) is 22.2 Å². The number of nitrogens with one attached hydrogen (secondary N) is 1. The molecule has 0 saturated carbocycles. The predicted molar refractivity (Wildman–Crippen MR) is 103 cm³/mol. The lowest BCUT2D eigenvalue weighted by atomic mass is 10.1. The summed E-state index contributed by atoms with van der Waals surface area (Å²) < 4.78 is 19.8. The minimum atomic E-state index is -0.557. The maximum absolute atomic E-state index is 13.9. The zero-order valence-electron chi connectivity index (χ0n) is 14.9. The van der Waals surface area contributed by atoms with Crippen molar-refractivity contribution in [1.29, 1.82) is 0 Å². The number of aryl methyl sites for hydroxylation is 1. The summed E-state index contributed by atoms with van der Waals surface area (Å²) in [7, 11) is 0. The maximum Gasteiger partial charge on any atom is 0.258 e. The highest BCUT2D eigenvalue weighted by molar-refractivity contribution is 6.05. The second kappa shape index (κ2) is 6.68. The highest BCUT2D eigenvalue weighted by atomic mass is 19.1. The highest BCUT2D eigenvalue weighted by Gasteiger charge is 2.16. The predicted octanol–water partition coefficient (Wildman–Crippen LogP) is 5.50. The summed E-state index contributed by atoms with van der Waals surface area (Å²) in [5.41, 5.74) is 4.71. The van der Waals surface area contributed by atoms with Crippen LogP contribution in [-0.2, 0) is 0 Å². The van der Waals surface area contributed by atoms with E-state index in [0.29, 0.717) is 17.2 Å². The van der Waals surface area contributed by atoms with Crippen LogP contribution in [0.25, 0.3) is 22.6 Å². The third-order valence-electron chi connectivity index (χ3n) is 4.55. The Morgan fingerprint density at radius 3 is 2.56 bits per heavy atom. The SMILES string of the molecule is Cc1c(NC(=O)c2ccccc2F)cccc1-c1nc2c(C)cccc2o1. The minimum absolute atomic E-state index is 0.000194. The molecule has 1 heterocycles. The fraction of sp³-hybridized carbons (Fsp3) is 0.0909. The molecule has 4 aromatic rings. The van der Waals surface area contributed by atoms with Gasteiger partial charge in [0.05, 0.1) is 5.56 Å². The van der Waals surface area contributed by atoms with Gasteiger partial charge in [-0.1, -0.05) is 30.3 Å². The number of aromatic nitrogens is 1. The van der Waals surface area contributed by atoms with Crippen molar-refractivity contribution in [1.82, 2.24) is 4.98 Å². The summed E-state index contributed by atoms with van der Waals surface area (Å²) >= 11 is 0. The van der Waals surface area contributed by atoms with Gasteiger partial charge < -0.3 is 9.73 Å².